The van der Waals surface area contributed by atoms with E-state index in [0.717, 1.165) is 0 Å². The van der Waals surface area contributed by atoms with Gasteiger partial charge in [-0.25, -0.2) is 4.39 Å². The smallest absolute Gasteiger partial charge is 0.130 e. The summed E-state index contributed by atoms with van der Waals surface area (Å²) in [5, 5.41) is 9.33. The third-order valence-electron chi connectivity index (χ3n) is 2.63. The summed E-state index contributed by atoms with van der Waals surface area (Å²) in [6, 6.07) is 4.80. The fourth-order valence-corrected chi connectivity index (χ4v) is 1.34. The van der Waals surface area contributed by atoms with Crippen molar-refractivity contribution in [3.63, 3.8) is 0 Å². The topological polar surface area (TPSA) is 29.5 Å². The molecule has 1 N–H and O–H groups in total. The minimum Gasteiger partial charge on any atom is -0.497 e. The van der Waals surface area contributed by atoms with Gasteiger partial charge in [0.25, 0.3) is 0 Å². The molecular formula is C12H17FO2. The molecule has 0 amide bonds. The molecule has 0 aliphatic rings. The van der Waals surface area contributed by atoms with E-state index in [4.69, 9.17) is 4.74 Å². The Hall–Kier alpha value is -1.09. The van der Waals surface area contributed by atoms with E-state index in [-0.39, 0.29) is 11.7 Å². The summed E-state index contributed by atoms with van der Waals surface area (Å²) < 4.78 is 18.4. The van der Waals surface area contributed by atoms with Gasteiger partial charge in [0.15, 0.2) is 0 Å². The average molecular weight is 212 g/mol. The van der Waals surface area contributed by atoms with Gasteiger partial charge in [-0.1, -0.05) is 13.0 Å². The maximum absolute atomic E-state index is 13.5. The summed E-state index contributed by atoms with van der Waals surface area (Å²) in [7, 11) is 1.51. The van der Waals surface area contributed by atoms with Crippen molar-refractivity contribution in [2.24, 2.45) is 5.92 Å². The molecule has 15 heavy (non-hydrogen) atoms. The van der Waals surface area contributed by atoms with Gasteiger partial charge in [-0.2, -0.15) is 0 Å². The van der Waals surface area contributed by atoms with E-state index >= 15 is 0 Å². The number of methoxy groups -OCH3 is 1. The molecule has 1 aromatic rings. The summed E-state index contributed by atoms with van der Waals surface area (Å²) in [6.45, 7) is 3.61. The van der Waals surface area contributed by atoms with Gasteiger partial charge in [0.1, 0.15) is 11.6 Å². The first-order valence-electron chi connectivity index (χ1n) is 5.05. The number of hydrogen-bond donors (Lipinski definition) is 1. The van der Waals surface area contributed by atoms with Crippen molar-refractivity contribution in [2.75, 3.05) is 7.11 Å². The van der Waals surface area contributed by atoms with Crippen LogP contribution >= 0.6 is 0 Å². The van der Waals surface area contributed by atoms with Crippen LogP contribution < -0.4 is 4.74 Å². The van der Waals surface area contributed by atoms with Gasteiger partial charge < -0.3 is 9.84 Å². The Bertz CT molecular complexity index is 323. The summed E-state index contributed by atoms with van der Waals surface area (Å²) in [5.74, 6) is 0.288. The maximum Gasteiger partial charge on any atom is 0.130 e. The Morgan fingerprint density at radius 3 is 2.53 bits per heavy atom. The number of aliphatic hydroxyl groups excluding tert-OH is 1. The second kappa shape index (κ2) is 5.12. The highest BCUT2D eigenvalue weighted by atomic mass is 19.1. The molecule has 0 saturated carbocycles. The quantitative estimate of drug-likeness (QED) is 0.830. The fraction of sp³-hybridized carbons (Fsp3) is 0.500. The Balaban J connectivity index is 2.78. The van der Waals surface area contributed by atoms with Gasteiger partial charge in [0, 0.05) is 6.07 Å². The number of hydrogen-bond acceptors (Lipinski definition) is 2. The molecule has 2 nitrogen and oxygen atoms in total. The molecule has 84 valence electrons. The van der Waals surface area contributed by atoms with E-state index < -0.39 is 6.10 Å². The van der Waals surface area contributed by atoms with Crippen molar-refractivity contribution >= 4 is 0 Å². The Morgan fingerprint density at radius 2 is 2.07 bits per heavy atom. The van der Waals surface area contributed by atoms with Crippen LogP contribution in [-0.2, 0) is 6.42 Å². The zero-order valence-electron chi connectivity index (χ0n) is 9.33. The molecule has 0 aliphatic heterocycles. The lowest BCUT2D eigenvalue weighted by atomic mass is 9.96. The lowest BCUT2D eigenvalue weighted by molar-refractivity contribution is 0.134. The van der Waals surface area contributed by atoms with E-state index in [0.29, 0.717) is 17.7 Å². The highest BCUT2D eigenvalue weighted by Crippen LogP contribution is 2.20. The van der Waals surface area contributed by atoms with Crippen LogP contribution in [0.3, 0.4) is 0 Å². The molecule has 1 rings (SSSR count). The van der Waals surface area contributed by atoms with Crippen molar-refractivity contribution in [1.82, 2.24) is 0 Å². The molecule has 0 aliphatic carbocycles. The standard InChI is InChI=1S/C12H17FO2/c1-8(9(2)14)6-10-4-5-11(15-3)7-12(10)13/h4-5,7-9,14H,6H2,1-3H3. The maximum atomic E-state index is 13.5. The zero-order chi connectivity index (χ0) is 11.4. The summed E-state index contributed by atoms with van der Waals surface area (Å²) in [4.78, 5) is 0. The summed E-state index contributed by atoms with van der Waals surface area (Å²) in [5.41, 5.74) is 0.615. The molecule has 2 atom stereocenters. The van der Waals surface area contributed by atoms with Gasteiger partial charge >= 0.3 is 0 Å². The van der Waals surface area contributed by atoms with Gasteiger partial charge in [0.05, 0.1) is 13.2 Å². The van der Waals surface area contributed by atoms with Crippen LogP contribution in [0.25, 0.3) is 0 Å². The van der Waals surface area contributed by atoms with Crippen LogP contribution in [0.5, 0.6) is 5.75 Å². The fourth-order valence-electron chi connectivity index (χ4n) is 1.34. The van der Waals surface area contributed by atoms with E-state index in [2.05, 4.69) is 0 Å². The zero-order valence-corrected chi connectivity index (χ0v) is 9.33. The Morgan fingerprint density at radius 1 is 1.40 bits per heavy atom. The van der Waals surface area contributed by atoms with Gasteiger partial charge in [0.2, 0.25) is 0 Å². The molecule has 0 fully saturated rings. The molecule has 2 unspecified atom stereocenters. The first-order chi connectivity index (χ1) is 7.04. The third kappa shape index (κ3) is 3.20. The molecule has 0 spiro atoms. The van der Waals surface area contributed by atoms with Crippen molar-refractivity contribution in [3.8, 4) is 5.75 Å². The molecule has 1 aromatic carbocycles. The predicted molar refractivity (Wildman–Crippen MR) is 57.5 cm³/mol. The van der Waals surface area contributed by atoms with Crippen molar-refractivity contribution in [2.45, 2.75) is 26.4 Å². The predicted octanol–water partition coefficient (Wildman–Crippen LogP) is 2.39. The lowest BCUT2D eigenvalue weighted by Crippen LogP contribution is -2.16. The lowest BCUT2D eigenvalue weighted by Gasteiger charge is -2.15. The first kappa shape index (κ1) is 12.0. The second-order valence-corrected chi connectivity index (χ2v) is 3.88. The number of ether oxygens (including phenoxy) is 1. The van der Waals surface area contributed by atoms with Crippen LogP contribution in [0.4, 0.5) is 4.39 Å². The van der Waals surface area contributed by atoms with Gasteiger partial charge in [-0.05, 0) is 30.9 Å². The number of halogens is 1. The summed E-state index contributed by atoms with van der Waals surface area (Å²) in [6.07, 6.45) is 0.111. The normalized spacial score (nSPS) is 14.7. The minimum absolute atomic E-state index is 0.0490. The minimum atomic E-state index is -0.425. The number of aliphatic hydroxyl groups is 1. The van der Waals surface area contributed by atoms with E-state index in [1.54, 1.807) is 19.1 Å². The second-order valence-electron chi connectivity index (χ2n) is 3.88. The van der Waals surface area contributed by atoms with Crippen molar-refractivity contribution in [3.05, 3.63) is 29.6 Å². The largest absolute Gasteiger partial charge is 0.497 e. The molecule has 0 radical (unpaired) electrons. The van der Waals surface area contributed by atoms with Gasteiger partial charge in [-0.3, -0.25) is 0 Å². The highest BCUT2D eigenvalue weighted by molar-refractivity contribution is 5.29. The van der Waals surface area contributed by atoms with Crippen LogP contribution in [0.2, 0.25) is 0 Å². The van der Waals surface area contributed by atoms with E-state index in [1.807, 2.05) is 6.92 Å². The highest BCUT2D eigenvalue weighted by Gasteiger charge is 2.12. The molecular weight excluding hydrogens is 195 g/mol. The van der Waals surface area contributed by atoms with Crippen LogP contribution in [-0.4, -0.2) is 18.3 Å². The number of rotatable bonds is 4. The van der Waals surface area contributed by atoms with Gasteiger partial charge in [-0.15, -0.1) is 0 Å². The molecule has 0 bridgehead atoms. The average Bonchev–Trinajstić information content (AvgIpc) is 2.20. The first-order valence-corrected chi connectivity index (χ1v) is 5.05. The molecule has 0 saturated heterocycles. The Labute approximate surface area is 89.7 Å². The molecule has 0 heterocycles. The van der Waals surface area contributed by atoms with Crippen molar-refractivity contribution < 1.29 is 14.2 Å². The SMILES string of the molecule is COc1ccc(CC(C)C(C)O)c(F)c1. The van der Waals surface area contributed by atoms with E-state index in [9.17, 15) is 9.50 Å². The monoisotopic (exact) mass is 212 g/mol. The van der Waals surface area contributed by atoms with Crippen LogP contribution in [0, 0.1) is 11.7 Å². The van der Waals surface area contributed by atoms with Crippen molar-refractivity contribution in [1.29, 1.82) is 0 Å². The van der Waals surface area contributed by atoms with E-state index in [1.165, 1.54) is 13.2 Å². The molecule has 3 heteroatoms. The van der Waals surface area contributed by atoms with Crippen LogP contribution in [0.1, 0.15) is 19.4 Å². The third-order valence-corrected chi connectivity index (χ3v) is 2.63. The Kier molecular flexibility index (Phi) is 4.09. The summed E-state index contributed by atoms with van der Waals surface area (Å²) >= 11 is 0. The number of benzene rings is 1. The molecule has 0 aromatic heterocycles. The van der Waals surface area contributed by atoms with Crippen LogP contribution in [0.15, 0.2) is 18.2 Å².